The van der Waals surface area contributed by atoms with Gasteiger partial charge in [-0.15, -0.1) is 0 Å². The Bertz CT molecular complexity index is 457. The lowest BCUT2D eigenvalue weighted by molar-refractivity contribution is -0.140. The first kappa shape index (κ1) is 15.2. The van der Waals surface area contributed by atoms with Crippen molar-refractivity contribution in [1.82, 2.24) is 5.32 Å². The molecular formula is C14H19NO4. The fourth-order valence-electron chi connectivity index (χ4n) is 1.67. The lowest BCUT2D eigenvalue weighted by Crippen LogP contribution is -2.37. The molecule has 5 nitrogen and oxygen atoms in total. The Morgan fingerprint density at radius 2 is 1.95 bits per heavy atom. The molecule has 0 aliphatic rings. The van der Waals surface area contributed by atoms with Gasteiger partial charge in [0.1, 0.15) is 17.4 Å². The van der Waals surface area contributed by atoms with Gasteiger partial charge in [0.05, 0.1) is 0 Å². The van der Waals surface area contributed by atoms with Crippen molar-refractivity contribution in [3.8, 4) is 5.75 Å². The molecule has 2 N–H and O–H groups in total. The van der Waals surface area contributed by atoms with Crippen molar-refractivity contribution in [3.63, 3.8) is 0 Å². The molecule has 0 heterocycles. The molecular weight excluding hydrogens is 246 g/mol. The Balaban J connectivity index is 2.71. The van der Waals surface area contributed by atoms with E-state index in [0.717, 1.165) is 0 Å². The highest BCUT2D eigenvalue weighted by Gasteiger charge is 2.23. The molecule has 19 heavy (non-hydrogen) atoms. The maximum Gasteiger partial charge on any atom is 0.349 e. The number of carbonyl (C=O) groups excluding carboxylic acids is 2. The van der Waals surface area contributed by atoms with Gasteiger partial charge in [0.15, 0.2) is 0 Å². The van der Waals surface area contributed by atoms with E-state index in [1.165, 1.54) is 12.1 Å². The summed E-state index contributed by atoms with van der Waals surface area (Å²) in [7, 11) is 1.64. The molecule has 0 amide bonds. The second kappa shape index (κ2) is 6.89. The van der Waals surface area contributed by atoms with E-state index in [9.17, 15) is 14.7 Å². The third kappa shape index (κ3) is 4.37. The lowest BCUT2D eigenvalue weighted by atomic mass is 10.0. The van der Waals surface area contributed by atoms with Gasteiger partial charge in [0.2, 0.25) is 0 Å². The van der Waals surface area contributed by atoms with Crippen LogP contribution in [0, 0.1) is 5.92 Å². The van der Waals surface area contributed by atoms with Crippen LogP contribution in [0.25, 0.3) is 0 Å². The number of benzene rings is 1. The Morgan fingerprint density at radius 1 is 1.32 bits per heavy atom. The smallest absolute Gasteiger partial charge is 0.349 e. The number of likely N-dealkylation sites (N-methyl/N-ethyl adjacent to an activating group) is 1. The topological polar surface area (TPSA) is 75.6 Å². The van der Waals surface area contributed by atoms with Gasteiger partial charge in [0, 0.05) is 0 Å². The number of phenols is 1. The van der Waals surface area contributed by atoms with E-state index < -0.39 is 18.0 Å². The standard InChI is InChI=1S/C14H19NO4/c1-9(2)8-11(15-3)14(18)19-13(17)10-6-4-5-7-12(10)16/h4-7,9,11,15-16H,8H2,1-3H3. The maximum atomic E-state index is 11.8. The summed E-state index contributed by atoms with van der Waals surface area (Å²) < 4.78 is 4.77. The van der Waals surface area contributed by atoms with Gasteiger partial charge < -0.3 is 15.2 Å². The van der Waals surface area contributed by atoms with Crippen LogP contribution in [0.15, 0.2) is 24.3 Å². The normalized spacial score (nSPS) is 12.2. The molecule has 0 bridgehead atoms. The van der Waals surface area contributed by atoms with Crippen molar-refractivity contribution in [2.45, 2.75) is 26.3 Å². The number of hydrogen-bond donors (Lipinski definition) is 2. The van der Waals surface area contributed by atoms with Gasteiger partial charge in [-0.05, 0) is 31.5 Å². The number of esters is 2. The summed E-state index contributed by atoms with van der Waals surface area (Å²) in [5.41, 5.74) is -0.0183. The Labute approximate surface area is 112 Å². The first-order valence-corrected chi connectivity index (χ1v) is 6.17. The zero-order chi connectivity index (χ0) is 14.4. The van der Waals surface area contributed by atoms with Crippen molar-refractivity contribution in [2.24, 2.45) is 5.92 Å². The second-order valence-electron chi connectivity index (χ2n) is 4.70. The third-order valence-electron chi connectivity index (χ3n) is 2.66. The molecule has 0 fully saturated rings. The van der Waals surface area contributed by atoms with Crippen molar-refractivity contribution >= 4 is 11.9 Å². The molecule has 104 valence electrons. The fourth-order valence-corrected chi connectivity index (χ4v) is 1.67. The zero-order valence-electron chi connectivity index (χ0n) is 11.3. The number of ether oxygens (including phenoxy) is 1. The number of rotatable bonds is 5. The molecule has 1 unspecified atom stereocenters. The molecule has 1 rings (SSSR count). The first-order valence-electron chi connectivity index (χ1n) is 6.17. The summed E-state index contributed by atoms with van der Waals surface area (Å²) in [5, 5.41) is 12.3. The van der Waals surface area contributed by atoms with E-state index in [1.54, 1.807) is 19.2 Å². The van der Waals surface area contributed by atoms with Gasteiger partial charge in [-0.3, -0.25) is 0 Å². The summed E-state index contributed by atoms with van der Waals surface area (Å²) in [6.07, 6.45) is 0.573. The summed E-state index contributed by atoms with van der Waals surface area (Å²) in [6.45, 7) is 3.95. The summed E-state index contributed by atoms with van der Waals surface area (Å²) in [4.78, 5) is 23.6. The van der Waals surface area contributed by atoms with Crippen LogP contribution < -0.4 is 5.32 Å². The number of carbonyl (C=O) groups is 2. The van der Waals surface area contributed by atoms with E-state index >= 15 is 0 Å². The third-order valence-corrected chi connectivity index (χ3v) is 2.66. The molecule has 5 heteroatoms. The average Bonchev–Trinajstić information content (AvgIpc) is 2.35. The molecule has 0 saturated carbocycles. The zero-order valence-corrected chi connectivity index (χ0v) is 11.3. The van der Waals surface area contributed by atoms with Gasteiger partial charge in [-0.25, -0.2) is 9.59 Å². The largest absolute Gasteiger partial charge is 0.507 e. The van der Waals surface area contributed by atoms with E-state index in [2.05, 4.69) is 5.32 Å². The van der Waals surface area contributed by atoms with Crippen molar-refractivity contribution in [1.29, 1.82) is 0 Å². The van der Waals surface area contributed by atoms with E-state index in [4.69, 9.17) is 4.74 Å². The lowest BCUT2D eigenvalue weighted by Gasteiger charge is -2.16. The first-order chi connectivity index (χ1) is 8.95. The van der Waals surface area contributed by atoms with Gasteiger partial charge in [-0.1, -0.05) is 26.0 Å². The highest BCUT2D eigenvalue weighted by molar-refractivity contribution is 5.99. The quantitative estimate of drug-likeness (QED) is 0.626. The van der Waals surface area contributed by atoms with Crippen LogP contribution in [-0.2, 0) is 9.53 Å². The molecule has 1 aromatic carbocycles. The van der Waals surface area contributed by atoms with Crippen LogP contribution in [0.1, 0.15) is 30.6 Å². The molecule has 0 radical (unpaired) electrons. The number of aromatic hydroxyl groups is 1. The minimum absolute atomic E-state index is 0.0183. The van der Waals surface area contributed by atoms with Crippen LogP contribution in [-0.4, -0.2) is 30.1 Å². The summed E-state index contributed by atoms with van der Waals surface area (Å²) in [6, 6.07) is 5.41. The Hall–Kier alpha value is -1.88. The Morgan fingerprint density at radius 3 is 2.47 bits per heavy atom. The van der Waals surface area contributed by atoms with Crippen molar-refractivity contribution in [2.75, 3.05) is 7.05 Å². The second-order valence-corrected chi connectivity index (χ2v) is 4.70. The molecule has 1 atom stereocenters. The maximum absolute atomic E-state index is 11.8. The van der Waals surface area contributed by atoms with Crippen molar-refractivity contribution in [3.05, 3.63) is 29.8 Å². The number of para-hydroxylation sites is 1. The molecule has 0 aliphatic carbocycles. The van der Waals surface area contributed by atoms with Crippen molar-refractivity contribution < 1.29 is 19.4 Å². The van der Waals surface area contributed by atoms with Crippen LogP contribution in [0.3, 0.4) is 0 Å². The summed E-state index contributed by atoms with van der Waals surface area (Å²) >= 11 is 0. The minimum Gasteiger partial charge on any atom is -0.507 e. The summed E-state index contributed by atoms with van der Waals surface area (Å²) in [5.74, 6) is -1.38. The van der Waals surface area contributed by atoms with Gasteiger partial charge >= 0.3 is 11.9 Å². The van der Waals surface area contributed by atoms with E-state index in [0.29, 0.717) is 12.3 Å². The molecule has 0 aromatic heterocycles. The average molecular weight is 265 g/mol. The van der Waals surface area contributed by atoms with E-state index in [1.807, 2.05) is 13.8 Å². The molecule has 0 saturated heterocycles. The highest BCUT2D eigenvalue weighted by Crippen LogP contribution is 2.17. The number of hydrogen-bond acceptors (Lipinski definition) is 5. The monoisotopic (exact) mass is 265 g/mol. The van der Waals surface area contributed by atoms with Gasteiger partial charge in [-0.2, -0.15) is 0 Å². The SMILES string of the molecule is CNC(CC(C)C)C(=O)OC(=O)c1ccccc1O. The van der Waals surface area contributed by atoms with Gasteiger partial charge in [0.25, 0.3) is 0 Å². The van der Waals surface area contributed by atoms with Crippen LogP contribution >= 0.6 is 0 Å². The molecule has 1 aromatic rings. The Kier molecular flexibility index (Phi) is 5.51. The number of nitrogens with one attached hydrogen (secondary N) is 1. The predicted molar refractivity (Wildman–Crippen MR) is 70.8 cm³/mol. The minimum atomic E-state index is -0.841. The fraction of sp³-hybridized carbons (Fsp3) is 0.429. The predicted octanol–water partition coefficient (Wildman–Crippen LogP) is 1.71. The number of phenolic OH excluding ortho intramolecular Hbond substituents is 1. The van der Waals surface area contributed by atoms with E-state index in [-0.39, 0.29) is 11.3 Å². The van der Waals surface area contributed by atoms with Crippen LogP contribution in [0.2, 0.25) is 0 Å². The molecule has 0 aliphatic heterocycles. The van der Waals surface area contributed by atoms with Crippen LogP contribution in [0.5, 0.6) is 5.75 Å². The van der Waals surface area contributed by atoms with Crippen LogP contribution in [0.4, 0.5) is 0 Å². The highest BCUT2D eigenvalue weighted by atomic mass is 16.6. The molecule has 0 spiro atoms.